The van der Waals surface area contributed by atoms with Crippen LogP contribution in [0.5, 0.6) is 0 Å². The van der Waals surface area contributed by atoms with Crippen molar-refractivity contribution in [2.45, 2.75) is 27.2 Å². The molecule has 0 fully saturated rings. The van der Waals surface area contributed by atoms with E-state index in [1.54, 1.807) is 0 Å². The zero-order chi connectivity index (χ0) is 13.0. The molecule has 1 aromatic rings. The monoisotopic (exact) mass is 230 g/mol. The Morgan fingerprint density at radius 2 is 1.82 bits per heavy atom. The highest BCUT2D eigenvalue weighted by Crippen LogP contribution is 2.23. The Labute approximate surface area is 103 Å². The van der Waals surface area contributed by atoms with E-state index in [1.165, 1.54) is 11.1 Å². The number of nitriles is 1. The molecule has 0 heterocycles. The first-order chi connectivity index (χ1) is 7.95. The van der Waals surface area contributed by atoms with E-state index in [0.717, 1.165) is 11.3 Å². The second kappa shape index (κ2) is 5.49. The molecule has 0 amide bonds. The van der Waals surface area contributed by atoms with Gasteiger partial charge in [-0.3, -0.25) is 4.79 Å². The Morgan fingerprint density at radius 1 is 1.24 bits per heavy atom. The van der Waals surface area contributed by atoms with Gasteiger partial charge in [-0.2, -0.15) is 5.26 Å². The Hall–Kier alpha value is -1.82. The zero-order valence-electron chi connectivity index (χ0n) is 10.9. The number of benzene rings is 1. The van der Waals surface area contributed by atoms with E-state index in [9.17, 15) is 4.79 Å². The minimum absolute atomic E-state index is 0.0196. The van der Waals surface area contributed by atoms with Gasteiger partial charge in [0.1, 0.15) is 0 Å². The number of anilines is 1. The highest BCUT2D eigenvalue weighted by molar-refractivity contribution is 5.85. The molecule has 0 aromatic heterocycles. The molecule has 0 saturated heterocycles. The summed E-state index contributed by atoms with van der Waals surface area (Å²) in [5, 5.41) is 8.47. The van der Waals surface area contributed by atoms with Gasteiger partial charge in [0.2, 0.25) is 0 Å². The Morgan fingerprint density at radius 3 is 2.41 bits per heavy atom. The van der Waals surface area contributed by atoms with Crippen molar-refractivity contribution in [3.05, 3.63) is 28.8 Å². The van der Waals surface area contributed by atoms with E-state index in [4.69, 9.17) is 5.26 Å². The summed E-state index contributed by atoms with van der Waals surface area (Å²) in [6.07, 6.45) is -0.0196. The molecule has 90 valence electrons. The van der Waals surface area contributed by atoms with Gasteiger partial charge in [0, 0.05) is 12.7 Å². The van der Waals surface area contributed by atoms with Crippen LogP contribution in [0, 0.1) is 32.1 Å². The summed E-state index contributed by atoms with van der Waals surface area (Å²) in [5.41, 5.74) is 4.67. The molecule has 0 N–H and O–H groups in total. The minimum atomic E-state index is -0.0485. The van der Waals surface area contributed by atoms with Crippen molar-refractivity contribution in [2.24, 2.45) is 0 Å². The van der Waals surface area contributed by atoms with Crippen LogP contribution in [-0.2, 0) is 4.79 Å². The third kappa shape index (κ3) is 3.32. The maximum absolute atomic E-state index is 11.4. The predicted molar refractivity (Wildman–Crippen MR) is 69.2 cm³/mol. The molecule has 1 rings (SSSR count). The molecule has 0 spiro atoms. The quantitative estimate of drug-likeness (QED) is 0.798. The minimum Gasteiger partial charge on any atom is -0.367 e. The number of hydrogen-bond donors (Lipinski definition) is 0. The average molecular weight is 230 g/mol. The largest absolute Gasteiger partial charge is 0.367 e. The third-order valence-electron chi connectivity index (χ3n) is 2.91. The summed E-state index contributed by atoms with van der Waals surface area (Å²) >= 11 is 0. The van der Waals surface area contributed by atoms with Gasteiger partial charge in [-0.15, -0.1) is 0 Å². The fourth-order valence-corrected chi connectivity index (χ4v) is 1.85. The van der Waals surface area contributed by atoms with Crippen LogP contribution in [0.3, 0.4) is 0 Å². The summed E-state index contributed by atoms with van der Waals surface area (Å²) in [6.45, 7) is 6.46. The number of Topliss-reactive ketones (excluding diaryl/α,β-unsaturated/α-hetero) is 1. The lowest BCUT2D eigenvalue weighted by Crippen LogP contribution is -2.26. The maximum Gasteiger partial charge on any atom is 0.166 e. The van der Waals surface area contributed by atoms with Crippen molar-refractivity contribution in [1.29, 1.82) is 5.26 Å². The lowest BCUT2D eigenvalue weighted by molar-refractivity contribution is -0.116. The first-order valence-corrected chi connectivity index (χ1v) is 5.63. The van der Waals surface area contributed by atoms with E-state index in [0.29, 0.717) is 0 Å². The molecule has 0 atom stereocenters. The first kappa shape index (κ1) is 13.2. The molecule has 0 bridgehead atoms. The van der Waals surface area contributed by atoms with Crippen molar-refractivity contribution < 1.29 is 4.79 Å². The SMILES string of the molecule is Cc1cc(C)c(N(C)CC(=O)CC#N)cc1C. The van der Waals surface area contributed by atoms with E-state index in [1.807, 2.05) is 24.9 Å². The van der Waals surface area contributed by atoms with Gasteiger partial charge in [0.15, 0.2) is 5.78 Å². The van der Waals surface area contributed by atoms with Crippen LogP contribution in [0.2, 0.25) is 0 Å². The molecule has 0 aliphatic heterocycles. The Bertz CT molecular complexity index is 472. The van der Waals surface area contributed by atoms with Crippen molar-refractivity contribution in [3.63, 3.8) is 0 Å². The van der Waals surface area contributed by atoms with Gasteiger partial charge in [0.05, 0.1) is 19.0 Å². The Balaban J connectivity index is 2.90. The lowest BCUT2D eigenvalue weighted by atomic mass is 10.0. The number of ketones is 1. The summed E-state index contributed by atoms with van der Waals surface area (Å²) in [6, 6.07) is 6.09. The van der Waals surface area contributed by atoms with Crippen LogP contribution in [0.25, 0.3) is 0 Å². The van der Waals surface area contributed by atoms with Crippen LogP contribution in [0.1, 0.15) is 23.1 Å². The van der Waals surface area contributed by atoms with Crippen molar-refractivity contribution in [3.8, 4) is 6.07 Å². The second-order valence-corrected chi connectivity index (χ2v) is 4.45. The molecule has 0 radical (unpaired) electrons. The average Bonchev–Trinajstić information content (AvgIpc) is 2.23. The highest BCUT2D eigenvalue weighted by Gasteiger charge is 2.10. The fraction of sp³-hybridized carbons (Fsp3) is 0.429. The summed E-state index contributed by atoms with van der Waals surface area (Å²) in [7, 11) is 1.88. The van der Waals surface area contributed by atoms with Gasteiger partial charge in [-0.25, -0.2) is 0 Å². The molecule has 1 aromatic carbocycles. The predicted octanol–water partition coefficient (Wildman–Crippen LogP) is 2.53. The molecule has 0 aliphatic carbocycles. The number of rotatable bonds is 4. The van der Waals surface area contributed by atoms with E-state index in [-0.39, 0.29) is 18.7 Å². The summed E-state index contributed by atoms with van der Waals surface area (Å²) in [4.78, 5) is 13.3. The number of hydrogen-bond acceptors (Lipinski definition) is 3. The molecule has 0 unspecified atom stereocenters. The molecule has 17 heavy (non-hydrogen) atoms. The van der Waals surface area contributed by atoms with Crippen LogP contribution >= 0.6 is 0 Å². The molecule has 0 saturated carbocycles. The van der Waals surface area contributed by atoms with Gasteiger partial charge in [0.25, 0.3) is 0 Å². The second-order valence-electron chi connectivity index (χ2n) is 4.45. The van der Waals surface area contributed by atoms with Crippen molar-refractivity contribution in [2.75, 3.05) is 18.5 Å². The van der Waals surface area contributed by atoms with Crippen LogP contribution in [0.15, 0.2) is 12.1 Å². The van der Waals surface area contributed by atoms with Crippen LogP contribution in [-0.4, -0.2) is 19.4 Å². The van der Waals surface area contributed by atoms with E-state index in [2.05, 4.69) is 26.0 Å². The van der Waals surface area contributed by atoms with E-state index < -0.39 is 0 Å². The van der Waals surface area contributed by atoms with Gasteiger partial charge in [-0.05, 0) is 43.5 Å². The van der Waals surface area contributed by atoms with Gasteiger partial charge in [-0.1, -0.05) is 6.07 Å². The molecular weight excluding hydrogens is 212 g/mol. The van der Waals surface area contributed by atoms with E-state index >= 15 is 0 Å². The normalized spacial score (nSPS) is 9.82. The maximum atomic E-state index is 11.4. The van der Waals surface area contributed by atoms with Crippen LogP contribution in [0.4, 0.5) is 5.69 Å². The number of nitrogens with zero attached hydrogens (tertiary/aromatic N) is 2. The first-order valence-electron chi connectivity index (χ1n) is 5.63. The van der Waals surface area contributed by atoms with Crippen LogP contribution < -0.4 is 4.90 Å². The smallest absolute Gasteiger partial charge is 0.166 e. The third-order valence-corrected chi connectivity index (χ3v) is 2.91. The number of carbonyl (C=O) groups excluding carboxylic acids is 1. The zero-order valence-corrected chi connectivity index (χ0v) is 10.9. The van der Waals surface area contributed by atoms with Crippen molar-refractivity contribution in [1.82, 2.24) is 0 Å². The number of aryl methyl sites for hydroxylation is 3. The lowest BCUT2D eigenvalue weighted by Gasteiger charge is -2.21. The molecular formula is C14H18N2O. The molecule has 3 heteroatoms. The number of likely N-dealkylation sites (N-methyl/N-ethyl adjacent to an activating group) is 1. The fourth-order valence-electron chi connectivity index (χ4n) is 1.85. The summed E-state index contributed by atoms with van der Waals surface area (Å²) in [5.74, 6) is -0.0485. The Kier molecular flexibility index (Phi) is 4.28. The number of carbonyl (C=O) groups is 1. The van der Waals surface area contributed by atoms with Crippen molar-refractivity contribution >= 4 is 11.5 Å². The topological polar surface area (TPSA) is 44.1 Å². The standard InChI is InChI=1S/C14H18N2O/c1-10-7-12(3)14(8-11(10)2)16(4)9-13(17)5-6-15/h7-8H,5,9H2,1-4H3. The highest BCUT2D eigenvalue weighted by atomic mass is 16.1. The van der Waals surface area contributed by atoms with Gasteiger partial charge < -0.3 is 4.90 Å². The van der Waals surface area contributed by atoms with Gasteiger partial charge >= 0.3 is 0 Å². The summed E-state index contributed by atoms with van der Waals surface area (Å²) < 4.78 is 0. The molecule has 0 aliphatic rings. The molecule has 3 nitrogen and oxygen atoms in total.